The minimum absolute atomic E-state index is 0.250. The Balaban J connectivity index is 3.86. The van der Waals surface area contributed by atoms with Crippen LogP contribution in [0.3, 0.4) is 0 Å². The molecule has 0 bridgehead atoms. The summed E-state index contributed by atoms with van der Waals surface area (Å²) >= 11 is 8.41. The van der Waals surface area contributed by atoms with E-state index in [1.165, 1.54) is 0 Å². The molecular weight excluding hydrogens is 152 g/mol. The SMILES string of the molecule is C=CC(C)(C)OC(=S)S. The third-order valence-corrected chi connectivity index (χ3v) is 1.02. The number of thiol groups is 1. The molecule has 0 aromatic heterocycles. The lowest BCUT2D eigenvalue weighted by atomic mass is 10.1. The average molecular weight is 162 g/mol. The van der Waals surface area contributed by atoms with Crippen molar-refractivity contribution in [2.45, 2.75) is 19.4 Å². The number of ether oxygens (including phenoxy) is 1. The summed E-state index contributed by atoms with van der Waals surface area (Å²) in [6.07, 6.45) is 1.68. The van der Waals surface area contributed by atoms with Crippen molar-refractivity contribution >= 4 is 29.2 Å². The lowest BCUT2D eigenvalue weighted by Crippen LogP contribution is -2.21. The van der Waals surface area contributed by atoms with Crippen LogP contribution in [0.5, 0.6) is 0 Å². The van der Waals surface area contributed by atoms with E-state index >= 15 is 0 Å². The second kappa shape index (κ2) is 3.22. The highest BCUT2D eigenvalue weighted by atomic mass is 32.1. The van der Waals surface area contributed by atoms with Crippen molar-refractivity contribution in [3.05, 3.63) is 12.7 Å². The highest BCUT2D eigenvalue weighted by Gasteiger charge is 2.13. The first-order valence-electron chi connectivity index (χ1n) is 2.53. The van der Waals surface area contributed by atoms with E-state index in [1.807, 2.05) is 13.8 Å². The maximum atomic E-state index is 5.06. The van der Waals surface area contributed by atoms with E-state index in [0.29, 0.717) is 0 Å². The third kappa shape index (κ3) is 4.48. The molecule has 0 saturated carbocycles. The van der Waals surface area contributed by atoms with Gasteiger partial charge in [-0.2, -0.15) is 0 Å². The van der Waals surface area contributed by atoms with Gasteiger partial charge in [0.25, 0.3) is 0 Å². The number of thiocarbonyl (C=S) groups is 1. The zero-order valence-electron chi connectivity index (χ0n) is 5.55. The van der Waals surface area contributed by atoms with Crippen LogP contribution in [-0.4, -0.2) is 9.98 Å². The Morgan fingerprint density at radius 2 is 2.22 bits per heavy atom. The molecule has 0 aliphatic heterocycles. The molecule has 0 N–H and O–H groups in total. The zero-order valence-corrected chi connectivity index (χ0v) is 7.26. The number of hydrogen-bond donors (Lipinski definition) is 1. The van der Waals surface area contributed by atoms with Gasteiger partial charge in [-0.15, -0.1) is 0 Å². The van der Waals surface area contributed by atoms with Crippen LogP contribution in [0.1, 0.15) is 13.8 Å². The van der Waals surface area contributed by atoms with E-state index in [1.54, 1.807) is 6.08 Å². The van der Waals surface area contributed by atoms with Gasteiger partial charge in [-0.25, -0.2) is 0 Å². The highest BCUT2D eigenvalue weighted by molar-refractivity contribution is 8.10. The van der Waals surface area contributed by atoms with E-state index in [-0.39, 0.29) is 4.38 Å². The molecule has 0 aromatic rings. The van der Waals surface area contributed by atoms with E-state index in [4.69, 9.17) is 4.74 Å². The van der Waals surface area contributed by atoms with Gasteiger partial charge in [-0.1, -0.05) is 19.2 Å². The van der Waals surface area contributed by atoms with Crippen molar-refractivity contribution < 1.29 is 4.74 Å². The van der Waals surface area contributed by atoms with Gasteiger partial charge in [-0.05, 0) is 32.1 Å². The second-order valence-electron chi connectivity index (χ2n) is 2.18. The van der Waals surface area contributed by atoms with Gasteiger partial charge >= 0.3 is 0 Å². The fraction of sp³-hybridized carbons (Fsp3) is 0.500. The van der Waals surface area contributed by atoms with Crippen LogP contribution >= 0.6 is 24.8 Å². The quantitative estimate of drug-likeness (QED) is 0.378. The Bertz CT molecular complexity index is 129. The molecule has 0 atom stereocenters. The van der Waals surface area contributed by atoms with E-state index < -0.39 is 5.60 Å². The predicted molar refractivity (Wildman–Crippen MR) is 46.9 cm³/mol. The average Bonchev–Trinajstić information content (AvgIpc) is 1.63. The minimum Gasteiger partial charge on any atom is -0.468 e. The molecule has 0 spiro atoms. The molecule has 0 aliphatic carbocycles. The first-order valence-corrected chi connectivity index (χ1v) is 3.39. The number of hydrogen-bond acceptors (Lipinski definition) is 2. The molecule has 0 unspecified atom stereocenters. The second-order valence-corrected chi connectivity index (χ2v) is 3.26. The van der Waals surface area contributed by atoms with E-state index in [0.717, 1.165) is 0 Å². The molecule has 0 aliphatic rings. The van der Waals surface area contributed by atoms with Crippen molar-refractivity contribution in [2.24, 2.45) is 0 Å². The lowest BCUT2D eigenvalue weighted by Gasteiger charge is -2.19. The molecule has 1 nitrogen and oxygen atoms in total. The molecule has 52 valence electrons. The predicted octanol–water partition coefficient (Wildman–Crippen LogP) is 2.18. The standard InChI is InChI=1S/C6H10OS2/c1-4-6(2,3)7-5(8)9/h4H,1H2,2-3H3,(H,8,9). The largest absolute Gasteiger partial charge is 0.468 e. The summed E-state index contributed by atoms with van der Waals surface area (Å²) < 4.78 is 5.31. The topological polar surface area (TPSA) is 9.23 Å². The molecule has 0 amide bonds. The summed E-state index contributed by atoms with van der Waals surface area (Å²) in [6, 6.07) is 0. The van der Waals surface area contributed by atoms with Gasteiger partial charge in [-0.3, -0.25) is 0 Å². The fourth-order valence-corrected chi connectivity index (χ4v) is 0.717. The monoisotopic (exact) mass is 162 g/mol. The van der Waals surface area contributed by atoms with Crippen LogP contribution in [0, 0.1) is 0 Å². The zero-order chi connectivity index (χ0) is 7.49. The number of rotatable bonds is 2. The van der Waals surface area contributed by atoms with E-state index in [9.17, 15) is 0 Å². The molecule has 3 heteroatoms. The molecule has 0 radical (unpaired) electrons. The Labute approximate surface area is 66.5 Å². The van der Waals surface area contributed by atoms with Crippen LogP contribution < -0.4 is 0 Å². The summed E-state index contributed by atoms with van der Waals surface area (Å²) in [5.74, 6) is 0. The molecule has 9 heavy (non-hydrogen) atoms. The highest BCUT2D eigenvalue weighted by Crippen LogP contribution is 2.11. The van der Waals surface area contributed by atoms with Crippen molar-refractivity contribution in [3.8, 4) is 0 Å². The van der Waals surface area contributed by atoms with Gasteiger partial charge in [0.05, 0.1) is 0 Å². The summed E-state index contributed by atoms with van der Waals surface area (Å²) in [4.78, 5) is 0. The maximum Gasteiger partial charge on any atom is 0.217 e. The first kappa shape index (κ1) is 8.98. The maximum absolute atomic E-state index is 5.06. The molecular formula is C6H10OS2. The summed E-state index contributed by atoms with van der Waals surface area (Å²) in [6.45, 7) is 7.29. The van der Waals surface area contributed by atoms with Gasteiger partial charge in [0.2, 0.25) is 4.38 Å². The Morgan fingerprint density at radius 1 is 1.78 bits per heavy atom. The summed E-state index contributed by atoms with van der Waals surface area (Å²) in [7, 11) is 0. The Kier molecular flexibility index (Phi) is 3.22. The molecule has 0 fully saturated rings. The van der Waals surface area contributed by atoms with Crippen molar-refractivity contribution in [1.29, 1.82) is 0 Å². The summed E-state index contributed by atoms with van der Waals surface area (Å²) in [5, 5.41) is 0. The van der Waals surface area contributed by atoms with E-state index in [2.05, 4.69) is 31.4 Å². The van der Waals surface area contributed by atoms with Gasteiger partial charge < -0.3 is 4.74 Å². The van der Waals surface area contributed by atoms with Crippen LogP contribution in [0.15, 0.2) is 12.7 Å². The smallest absolute Gasteiger partial charge is 0.217 e. The lowest BCUT2D eigenvalue weighted by molar-refractivity contribution is 0.160. The molecule has 0 heterocycles. The molecule has 0 aromatic carbocycles. The van der Waals surface area contributed by atoms with Gasteiger partial charge in [0.1, 0.15) is 5.60 Å². The van der Waals surface area contributed by atoms with Crippen LogP contribution in [0.2, 0.25) is 0 Å². The van der Waals surface area contributed by atoms with Crippen molar-refractivity contribution in [2.75, 3.05) is 0 Å². The minimum atomic E-state index is -0.390. The fourth-order valence-electron chi connectivity index (χ4n) is 0.267. The molecule has 0 rings (SSSR count). The molecule has 0 saturated heterocycles. The normalized spacial score (nSPS) is 10.6. The van der Waals surface area contributed by atoms with Crippen LogP contribution in [0.25, 0.3) is 0 Å². The Morgan fingerprint density at radius 3 is 2.33 bits per heavy atom. The van der Waals surface area contributed by atoms with Crippen molar-refractivity contribution in [3.63, 3.8) is 0 Å². The first-order chi connectivity index (χ1) is 3.98. The van der Waals surface area contributed by atoms with Crippen LogP contribution in [-0.2, 0) is 4.74 Å². The van der Waals surface area contributed by atoms with Crippen LogP contribution in [0.4, 0.5) is 0 Å². The third-order valence-electron chi connectivity index (χ3n) is 0.842. The van der Waals surface area contributed by atoms with Gasteiger partial charge in [0.15, 0.2) is 0 Å². The van der Waals surface area contributed by atoms with Crippen molar-refractivity contribution in [1.82, 2.24) is 0 Å². The summed E-state index contributed by atoms with van der Waals surface area (Å²) in [5.41, 5.74) is -0.390. The van der Waals surface area contributed by atoms with Gasteiger partial charge in [0, 0.05) is 0 Å². The Hall–Kier alpha value is -0.0200.